The number of ether oxygens (including phenoxy) is 1. The van der Waals surface area contributed by atoms with Gasteiger partial charge in [-0.15, -0.1) is 0 Å². The molecule has 0 bridgehead atoms. The first-order valence-electron chi connectivity index (χ1n) is 16.6. The summed E-state index contributed by atoms with van der Waals surface area (Å²) in [7, 11) is 0. The van der Waals surface area contributed by atoms with Crippen molar-refractivity contribution >= 4 is 0 Å². The molecule has 0 aromatic rings. The molecule has 216 valence electrons. The van der Waals surface area contributed by atoms with Gasteiger partial charge in [-0.1, -0.05) is 140 Å². The number of hydrogen-bond donors (Lipinski definition) is 0. The first-order chi connectivity index (χ1) is 18.4. The summed E-state index contributed by atoms with van der Waals surface area (Å²) >= 11 is 0. The maximum atomic E-state index is 5.84. The molecule has 0 spiro atoms. The van der Waals surface area contributed by atoms with Crippen molar-refractivity contribution in [2.24, 2.45) is 0 Å². The summed E-state index contributed by atoms with van der Waals surface area (Å²) in [5.74, 6) is 0. The lowest BCUT2D eigenvalue weighted by Gasteiger charge is -2.05. The highest BCUT2D eigenvalue weighted by Gasteiger charge is 1.94. The molecule has 0 fully saturated rings. The van der Waals surface area contributed by atoms with E-state index in [2.05, 4.69) is 62.5 Å². The van der Waals surface area contributed by atoms with Gasteiger partial charge < -0.3 is 4.74 Å². The average Bonchev–Trinajstić information content (AvgIpc) is 2.91. The second-order valence-corrected chi connectivity index (χ2v) is 10.8. The van der Waals surface area contributed by atoms with Gasteiger partial charge in [-0.2, -0.15) is 0 Å². The van der Waals surface area contributed by atoms with Crippen LogP contribution in [-0.4, -0.2) is 13.2 Å². The minimum Gasteiger partial charge on any atom is -0.381 e. The Morgan fingerprint density at radius 1 is 0.324 bits per heavy atom. The predicted molar refractivity (Wildman–Crippen MR) is 170 cm³/mol. The molecule has 0 aliphatic rings. The minimum absolute atomic E-state index is 0.967. The number of unbranched alkanes of at least 4 members (excludes halogenated alkanes) is 18. The molecule has 0 saturated heterocycles. The maximum Gasteiger partial charge on any atom is 0.0466 e. The molecule has 0 unspecified atom stereocenters. The smallest absolute Gasteiger partial charge is 0.0466 e. The summed E-state index contributed by atoms with van der Waals surface area (Å²) in [6, 6.07) is 0. The second kappa shape index (κ2) is 34.9. The van der Waals surface area contributed by atoms with E-state index in [0.29, 0.717) is 0 Å². The van der Waals surface area contributed by atoms with E-state index in [4.69, 9.17) is 4.74 Å². The molecule has 0 heterocycles. The first-order valence-corrected chi connectivity index (χ1v) is 16.6. The van der Waals surface area contributed by atoms with Gasteiger partial charge in [0.15, 0.2) is 0 Å². The molecule has 0 aliphatic heterocycles. The second-order valence-electron chi connectivity index (χ2n) is 10.8. The molecule has 0 aromatic carbocycles. The van der Waals surface area contributed by atoms with Gasteiger partial charge in [0.2, 0.25) is 0 Å². The van der Waals surface area contributed by atoms with Gasteiger partial charge >= 0.3 is 0 Å². The fraction of sp³-hybridized carbons (Fsp3) is 0.778. The van der Waals surface area contributed by atoms with Crippen molar-refractivity contribution in [1.29, 1.82) is 0 Å². The van der Waals surface area contributed by atoms with Crippen molar-refractivity contribution in [3.63, 3.8) is 0 Å². The molecule has 0 amide bonds. The fourth-order valence-electron chi connectivity index (χ4n) is 4.49. The summed E-state index contributed by atoms with van der Waals surface area (Å²) in [6.07, 6.45) is 50.2. The van der Waals surface area contributed by atoms with E-state index in [1.54, 1.807) is 0 Å². The van der Waals surface area contributed by atoms with Gasteiger partial charge in [0, 0.05) is 13.2 Å². The van der Waals surface area contributed by atoms with Crippen LogP contribution in [0.15, 0.2) is 48.6 Å². The van der Waals surface area contributed by atoms with Crippen molar-refractivity contribution < 1.29 is 4.74 Å². The number of allylic oxidation sites excluding steroid dienone is 8. The molecule has 0 atom stereocenters. The summed E-state index contributed by atoms with van der Waals surface area (Å²) < 4.78 is 5.84. The fourth-order valence-corrected chi connectivity index (χ4v) is 4.49. The zero-order valence-electron chi connectivity index (χ0n) is 25.4. The van der Waals surface area contributed by atoms with Crippen molar-refractivity contribution in [1.82, 2.24) is 0 Å². The normalized spacial score (nSPS) is 12.4. The van der Waals surface area contributed by atoms with Crippen LogP contribution >= 0.6 is 0 Å². The van der Waals surface area contributed by atoms with Crippen LogP contribution in [-0.2, 0) is 4.74 Å². The lowest BCUT2D eigenvalue weighted by molar-refractivity contribution is 0.125. The average molecular weight is 515 g/mol. The Labute approximate surface area is 234 Å². The molecular weight excluding hydrogens is 448 g/mol. The molecule has 37 heavy (non-hydrogen) atoms. The Bertz CT molecular complexity index is 467. The standard InChI is InChI=1S/C36H66O/c1-3-5-7-9-11-13-15-17-19-21-23-25-27-29-31-33-35-37-36-34-32-30-28-26-24-22-20-18-16-14-12-10-8-6-4-2/h11-14,17-20H,3-10,15-16,21-36H2,1-2H3. The lowest BCUT2D eigenvalue weighted by atomic mass is 10.1. The van der Waals surface area contributed by atoms with Gasteiger partial charge in [0.25, 0.3) is 0 Å². The van der Waals surface area contributed by atoms with Gasteiger partial charge in [-0.3, -0.25) is 0 Å². The zero-order valence-corrected chi connectivity index (χ0v) is 25.4. The monoisotopic (exact) mass is 515 g/mol. The van der Waals surface area contributed by atoms with Crippen LogP contribution in [0.2, 0.25) is 0 Å². The van der Waals surface area contributed by atoms with E-state index >= 15 is 0 Å². The minimum atomic E-state index is 0.967. The summed E-state index contributed by atoms with van der Waals surface area (Å²) in [5, 5.41) is 0. The van der Waals surface area contributed by atoms with Crippen LogP contribution in [0.3, 0.4) is 0 Å². The van der Waals surface area contributed by atoms with Crippen LogP contribution in [0.5, 0.6) is 0 Å². The summed E-state index contributed by atoms with van der Waals surface area (Å²) in [5.41, 5.74) is 0. The Hall–Kier alpha value is -1.08. The molecular formula is C36H66O. The Morgan fingerprint density at radius 3 is 0.973 bits per heavy atom. The Kier molecular flexibility index (Phi) is 33.9. The maximum absolute atomic E-state index is 5.84. The molecule has 1 heteroatoms. The van der Waals surface area contributed by atoms with E-state index in [-0.39, 0.29) is 0 Å². The largest absolute Gasteiger partial charge is 0.381 e. The third-order valence-electron chi connectivity index (χ3n) is 6.98. The van der Waals surface area contributed by atoms with Crippen molar-refractivity contribution in [2.45, 2.75) is 168 Å². The molecule has 1 nitrogen and oxygen atoms in total. The summed E-state index contributed by atoms with van der Waals surface area (Å²) in [6.45, 7) is 6.47. The zero-order chi connectivity index (χ0) is 26.7. The van der Waals surface area contributed by atoms with Gasteiger partial charge in [0.05, 0.1) is 0 Å². The van der Waals surface area contributed by atoms with Crippen LogP contribution in [0.25, 0.3) is 0 Å². The van der Waals surface area contributed by atoms with Crippen molar-refractivity contribution in [2.75, 3.05) is 13.2 Å². The SMILES string of the molecule is CCCCCC=CCC=CCCCCCCCCOCCCCCCCCC=CCC=CCCCCC. The highest BCUT2D eigenvalue weighted by molar-refractivity contribution is 4.93. The third kappa shape index (κ3) is 34.9. The molecule has 0 aliphatic carbocycles. The Morgan fingerprint density at radius 2 is 0.622 bits per heavy atom. The van der Waals surface area contributed by atoms with E-state index in [0.717, 1.165) is 26.1 Å². The lowest BCUT2D eigenvalue weighted by Crippen LogP contribution is -1.97. The van der Waals surface area contributed by atoms with Gasteiger partial charge in [-0.25, -0.2) is 0 Å². The topological polar surface area (TPSA) is 9.23 Å². The highest BCUT2D eigenvalue weighted by atomic mass is 16.5. The molecule has 0 saturated carbocycles. The third-order valence-corrected chi connectivity index (χ3v) is 6.98. The van der Waals surface area contributed by atoms with Crippen LogP contribution in [0.4, 0.5) is 0 Å². The Balaban J connectivity index is 3.16. The van der Waals surface area contributed by atoms with Gasteiger partial charge in [-0.05, 0) is 77.0 Å². The molecule has 0 rings (SSSR count). The number of rotatable bonds is 30. The van der Waals surface area contributed by atoms with Crippen molar-refractivity contribution in [3.05, 3.63) is 48.6 Å². The molecule has 0 aromatic heterocycles. The van der Waals surface area contributed by atoms with E-state index in [9.17, 15) is 0 Å². The van der Waals surface area contributed by atoms with E-state index < -0.39 is 0 Å². The predicted octanol–water partition coefficient (Wildman–Crippen LogP) is 12.6. The number of hydrogen-bond acceptors (Lipinski definition) is 1. The van der Waals surface area contributed by atoms with E-state index in [1.807, 2.05) is 0 Å². The van der Waals surface area contributed by atoms with Crippen LogP contribution in [0.1, 0.15) is 168 Å². The summed E-state index contributed by atoms with van der Waals surface area (Å²) in [4.78, 5) is 0. The molecule has 0 N–H and O–H groups in total. The first kappa shape index (κ1) is 35.9. The van der Waals surface area contributed by atoms with E-state index in [1.165, 1.54) is 141 Å². The van der Waals surface area contributed by atoms with Crippen LogP contribution < -0.4 is 0 Å². The highest BCUT2D eigenvalue weighted by Crippen LogP contribution is 2.10. The quantitative estimate of drug-likeness (QED) is 0.0684. The van der Waals surface area contributed by atoms with Crippen LogP contribution in [0, 0.1) is 0 Å². The molecule has 0 radical (unpaired) electrons. The van der Waals surface area contributed by atoms with Gasteiger partial charge in [0.1, 0.15) is 0 Å². The van der Waals surface area contributed by atoms with Crippen molar-refractivity contribution in [3.8, 4) is 0 Å².